The zero-order valence-corrected chi connectivity index (χ0v) is 12.5. The molecule has 0 aromatic heterocycles. The lowest BCUT2D eigenvalue weighted by molar-refractivity contribution is -0.433. The summed E-state index contributed by atoms with van der Waals surface area (Å²) in [6.07, 6.45) is 5.87. The van der Waals surface area contributed by atoms with Crippen LogP contribution in [0.1, 0.15) is 23.5 Å². The molecule has 0 spiro atoms. The molecular weight excluding hydrogens is 288 g/mol. The highest BCUT2D eigenvalue weighted by atomic mass is 32.2. The summed E-state index contributed by atoms with van der Waals surface area (Å²) >= 11 is 1.05. The maximum Gasteiger partial charge on any atom is 0.124 e. The molecule has 21 heavy (non-hydrogen) atoms. The predicted octanol–water partition coefficient (Wildman–Crippen LogP) is 2.97. The second-order valence-electron chi connectivity index (χ2n) is 5.82. The van der Waals surface area contributed by atoms with Gasteiger partial charge in [0.15, 0.2) is 0 Å². The average molecular weight is 306 g/mol. The number of anilines is 1. The van der Waals surface area contributed by atoms with Gasteiger partial charge in [-0.3, -0.25) is 0 Å². The Morgan fingerprint density at radius 3 is 3.14 bits per heavy atom. The van der Waals surface area contributed by atoms with Gasteiger partial charge < -0.3 is 4.90 Å². The topological polar surface area (TPSA) is 45.2 Å². The van der Waals surface area contributed by atoms with Crippen LogP contribution in [0.2, 0.25) is 0 Å². The molecule has 0 saturated heterocycles. The Morgan fingerprint density at radius 2 is 2.24 bits per heavy atom. The lowest BCUT2D eigenvalue weighted by atomic mass is 9.82. The zero-order valence-electron chi connectivity index (χ0n) is 11.6. The van der Waals surface area contributed by atoms with E-state index >= 15 is 0 Å². The monoisotopic (exact) mass is 306 g/mol. The summed E-state index contributed by atoms with van der Waals surface area (Å²) in [5.74, 6) is 1.29. The van der Waals surface area contributed by atoms with E-state index in [1.54, 1.807) is 0 Å². The molecule has 2 atom stereocenters. The maximum absolute atomic E-state index is 8.34. The van der Waals surface area contributed by atoms with E-state index in [0.717, 1.165) is 44.8 Å². The molecule has 1 aliphatic carbocycles. The van der Waals surface area contributed by atoms with Crippen molar-refractivity contribution >= 4 is 17.9 Å². The van der Waals surface area contributed by atoms with Gasteiger partial charge >= 0.3 is 0 Å². The Balaban J connectivity index is 1.68. The fraction of sp³-hybridized carbons (Fsp3) is 0.467. The highest BCUT2D eigenvalue weighted by Crippen LogP contribution is 2.46. The van der Waals surface area contributed by atoms with Gasteiger partial charge in [-0.05, 0) is 23.5 Å². The van der Waals surface area contributed by atoms with Crippen molar-refractivity contribution in [3.05, 3.63) is 41.5 Å². The van der Waals surface area contributed by atoms with E-state index in [4.69, 9.17) is 5.26 Å². The van der Waals surface area contributed by atoms with E-state index in [1.165, 1.54) is 16.8 Å². The van der Waals surface area contributed by atoms with Gasteiger partial charge in [-0.15, -0.1) is 4.33 Å². The van der Waals surface area contributed by atoms with Crippen LogP contribution in [-0.4, -0.2) is 29.2 Å². The molecule has 4 rings (SSSR count). The van der Waals surface area contributed by atoms with E-state index in [0.29, 0.717) is 11.8 Å². The van der Waals surface area contributed by atoms with E-state index in [2.05, 4.69) is 48.9 Å². The van der Waals surface area contributed by atoms with E-state index in [-0.39, 0.29) is 0 Å². The third-order valence-corrected chi connectivity index (χ3v) is 5.36. The lowest BCUT2D eigenvalue weighted by Gasteiger charge is -2.38. The number of hydrogen-bond acceptors (Lipinski definition) is 6. The standard InChI is InChI=1S/C15H18N2O3S/c18-19-20-21-17-8-7-16-9-11-3-1-5-13(11)14-6-2-4-12(10-17)15(14)16/h1-4,6,11,13,18H,5,7-10H2/t11-,13-/m0/s1. The summed E-state index contributed by atoms with van der Waals surface area (Å²) in [7, 11) is 0. The predicted molar refractivity (Wildman–Crippen MR) is 81.4 cm³/mol. The molecule has 0 fully saturated rings. The zero-order chi connectivity index (χ0) is 14.2. The van der Waals surface area contributed by atoms with Crippen molar-refractivity contribution in [1.29, 1.82) is 0 Å². The van der Waals surface area contributed by atoms with Gasteiger partial charge in [-0.1, -0.05) is 35.4 Å². The van der Waals surface area contributed by atoms with Gasteiger partial charge in [0.05, 0.1) is 0 Å². The summed E-state index contributed by atoms with van der Waals surface area (Å²) in [6.45, 7) is 3.71. The van der Waals surface area contributed by atoms with Crippen molar-refractivity contribution < 1.29 is 14.6 Å². The van der Waals surface area contributed by atoms with Gasteiger partial charge in [0.25, 0.3) is 0 Å². The number of nitrogens with zero attached hydrogens (tertiary/aromatic N) is 2. The van der Waals surface area contributed by atoms with Gasteiger partial charge in [-0.25, -0.2) is 9.56 Å². The molecule has 2 heterocycles. The van der Waals surface area contributed by atoms with Crippen LogP contribution in [0.5, 0.6) is 0 Å². The SMILES string of the molecule is OOOSN1CCN2C[C@@H]3C=CC[C@@H]3c3cccc(c32)C1. The van der Waals surface area contributed by atoms with Crippen molar-refractivity contribution in [1.82, 2.24) is 4.31 Å². The van der Waals surface area contributed by atoms with Gasteiger partial charge in [0, 0.05) is 37.8 Å². The molecule has 3 aliphatic rings. The second kappa shape index (κ2) is 5.62. The molecule has 1 N–H and O–H groups in total. The highest BCUT2D eigenvalue weighted by Gasteiger charge is 2.36. The van der Waals surface area contributed by atoms with E-state index in [1.807, 2.05) is 0 Å². The van der Waals surface area contributed by atoms with E-state index in [9.17, 15) is 0 Å². The first kappa shape index (κ1) is 13.6. The van der Waals surface area contributed by atoms with Crippen molar-refractivity contribution in [3.8, 4) is 0 Å². The molecule has 0 bridgehead atoms. The number of hydrogen-bond donors (Lipinski definition) is 1. The minimum atomic E-state index is 0.643. The van der Waals surface area contributed by atoms with Crippen LogP contribution >= 0.6 is 12.2 Å². The molecule has 1 aromatic rings. The van der Waals surface area contributed by atoms with Crippen LogP contribution in [0.25, 0.3) is 0 Å². The van der Waals surface area contributed by atoms with Crippen LogP contribution in [0.3, 0.4) is 0 Å². The van der Waals surface area contributed by atoms with Crippen molar-refractivity contribution in [2.24, 2.45) is 5.92 Å². The quantitative estimate of drug-likeness (QED) is 0.304. The lowest BCUT2D eigenvalue weighted by Crippen LogP contribution is -2.38. The molecule has 5 nitrogen and oxygen atoms in total. The number of benzene rings is 1. The Labute approximate surface area is 128 Å². The normalized spacial score (nSPS) is 27.4. The first-order valence-corrected chi connectivity index (χ1v) is 8.00. The van der Waals surface area contributed by atoms with Gasteiger partial charge in [0.2, 0.25) is 0 Å². The number of rotatable bonds is 3. The molecule has 0 saturated carbocycles. The van der Waals surface area contributed by atoms with Crippen LogP contribution in [-0.2, 0) is 15.9 Å². The molecule has 2 aliphatic heterocycles. The third-order valence-electron chi connectivity index (χ3n) is 4.72. The molecule has 6 heteroatoms. The average Bonchev–Trinajstić information content (AvgIpc) is 2.90. The fourth-order valence-electron chi connectivity index (χ4n) is 3.85. The summed E-state index contributed by atoms with van der Waals surface area (Å²) in [6, 6.07) is 6.63. The Hall–Kier alpha value is -1.05. The molecular formula is C15H18N2O3S. The van der Waals surface area contributed by atoms with Crippen LogP contribution < -0.4 is 4.90 Å². The minimum absolute atomic E-state index is 0.643. The summed E-state index contributed by atoms with van der Waals surface area (Å²) in [5.41, 5.74) is 4.22. The molecule has 0 radical (unpaired) electrons. The first-order chi connectivity index (χ1) is 10.4. The molecule has 0 amide bonds. The maximum atomic E-state index is 8.34. The summed E-state index contributed by atoms with van der Waals surface area (Å²) < 4.78 is 6.67. The second-order valence-corrected chi connectivity index (χ2v) is 6.62. The summed E-state index contributed by atoms with van der Waals surface area (Å²) in [4.78, 5) is 2.50. The largest absolute Gasteiger partial charge is 0.369 e. The highest BCUT2D eigenvalue weighted by molar-refractivity contribution is 7.92. The molecule has 0 unspecified atom stereocenters. The number of para-hydroxylation sites is 1. The minimum Gasteiger partial charge on any atom is -0.369 e. The Bertz CT molecular complexity index is 566. The van der Waals surface area contributed by atoms with Gasteiger partial charge in [0.1, 0.15) is 12.2 Å². The van der Waals surface area contributed by atoms with Crippen LogP contribution in [0.4, 0.5) is 5.69 Å². The van der Waals surface area contributed by atoms with E-state index < -0.39 is 0 Å². The van der Waals surface area contributed by atoms with Gasteiger partial charge in [-0.2, -0.15) is 0 Å². The van der Waals surface area contributed by atoms with Crippen molar-refractivity contribution in [2.45, 2.75) is 18.9 Å². The van der Waals surface area contributed by atoms with Crippen molar-refractivity contribution in [2.75, 3.05) is 24.5 Å². The molecule has 1 aromatic carbocycles. The smallest absolute Gasteiger partial charge is 0.124 e. The van der Waals surface area contributed by atoms with Crippen LogP contribution in [0, 0.1) is 5.92 Å². The first-order valence-electron chi connectivity index (χ1n) is 7.30. The third kappa shape index (κ3) is 2.37. The Kier molecular flexibility index (Phi) is 3.64. The summed E-state index contributed by atoms with van der Waals surface area (Å²) in [5, 5.41) is 12.1. The number of allylic oxidation sites excluding steroid dienone is 1. The Morgan fingerprint density at radius 1 is 1.29 bits per heavy atom. The van der Waals surface area contributed by atoms with Crippen LogP contribution in [0.15, 0.2) is 30.4 Å². The number of fused-ring (bicyclic) bond motifs is 2. The van der Waals surface area contributed by atoms with Crippen molar-refractivity contribution in [3.63, 3.8) is 0 Å². The fourth-order valence-corrected chi connectivity index (χ4v) is 4.31. The molecule has 112 valence electrons.